The number of ether oxygens (including phenoxy) is 2. The van der Waals surface area contributed by atoms with E-state index in [1.54, 1.807) is 25.1 Å². The van der Waals surface area contributed by atoms with Crippen molar-refractivity contribution in [2.75, 3.05) is 25.8 Å². The van der Waals surface area contributed by atoms with Crippen LogP contribution in [0.25, 0.3) is 0 Å². The van der Waals surface area contributed by atoms with Crippen LogP contribution in [0, 0.1) is 0 Å². The Morgan fingerprint density at radius 3 is 2.63 bits per heavy atom. The number of hydrogen-bond donors (Lipinski definition) is 1. The number of methoxy groups -OCH3 is 2. The zero-order chi connectivity index (χ0) is 21.9. The van der Waals surface area contributed by atoms with E-state index >= 15 is 0 Å². The Labute approximate surface area is 183 Å². The van der Waals surface area contributed by atoms with Gasteiger partial charge in [-0.2, -0.15) is 5.10 Å². The van der Waals surface area contributed by atoms with Gasteiger partial charge in [-0.1, -0.05) is 17.7 Å². The number of rotatable bonds is 8. The normalized spacial score (nSPS) is 11.3. The minimum atomic E-state index is -3.49. The second-order valence-electron chi connectivity index (χ2n) is 6.40. The number of aromatic nitrogens is 2. The van der Waals surface area contributed by atoms with Crippen LogP contribution in [0.5, 0.6) is 11.5 Å². The molecule has 0 bridgehead atoms. The smallest absolute Gasteiger partial charge is 0.267 e. The number of sulfone groups is 1. The highest BCUT2D eigenvalue weighted by atomic mass is 35.5. The summed E-state index contributed by atoms with van der Waals surface area (Å²) >= 11 is 7.05. The molecule has 0 saturated carbocycles. The van der Waals surface area contributed by atoms with Crippen LogP contribution >= 0.6 is 22.9 Å². The Kier molecular flexibility index (Phi) is 6.69. The van der Waals surface area contributed by atoms with E-state index in [-0.39, 0.29) is 14.8 Å². The zero-order valence-corrected chi connectivity index (χ0v) is 18.9. The molecular weight excluding hydrogens is 450 g/mol. The molecular formula is C19H20ClN3O5S2. The Balaban J connectivity index is 1.64. The summed E-state index contributed by atoms with van der Waals surface area (Å²) in [5.74, 6) is 0.834. The minimum Gasteiger partial charge on any atom is -0.493 e. The second kappa shape index (κ2) is 9.07. The molecule has 160 valence electrons. The molecule has 3 aromatic rings. The number of amides is 1. The number of carbonyl (C=O) groups is 1. The summed E-state index contributed by atoms with van der Waals surface area (Å²) in [4.78, 5) is 12.5. The van der Waals surface area contributed by atoms with E-state index in [9.17, 15) is 13.2 Å². The van der Waals surface area contributed by atoms with Crippen molar-refractivity contribution in [2.45, 2.75) is 17.9 Å². The van der Waals surface area contributed by atoms with Gasteiger partial charge >= 0.3 is 0 Å². The average molecular weight is 470 g/mol. The molecule has 0 aliphatic rings. The van der Waals surface area contributed by atoms with Crippen molar-refractivity contribution >= 4 is 44.4 Å². The summed E-state index contributed by atoms with van der Waals surface area (Å²) in [5, 5.41) is 8.22. The third-order valence-electron chi connectivity index (χ3n) is 4.27. The molecule has 1 N–H and O–H groups in total. The molecule has 0 spiro atoms. The zero-order valence-electron chi connectivity index (χ0n) is 16.5. The SMILES string of the molecule is COc1ccc(CCn2cc(NC(=O)c3scc(S(C)(=O)=O)c3Cl)cn2)cc1OC. The molecule has 2 heterocycles. The first-order chi connectivity index (χ1) is 14.2. The first kappa shape index (κ1) is 22.1. The molecule has 0 radical (unpaired) electrons. The van der Waals surface area contributed by atoms with Crippen LogP contribution in [-0.2, 0) is 22.8 Å². The van der Waals surface area contributed by atoms with Gasteiger partial charge in [-0.3, -0.25) is 9.48 Å². The quantitative estimate of drug-likeness (QED) is 0.542. The van der Waals surface area contributed by atoms with Gasteiger partial charge in [0.1, 0.15) is 4.88 Å². The van der Waals surface area contributed by atoms with Crippen molar-refractivity contribution in [1.82, 2.24) is 9.78 Å². The highest BCUT2D eigenvalue weighted by Crippen LogP contribution is 2.32. The van der Waals surface area contributed by atoms with E-state index in [1.165, 1.54) is 11.6 Å². The maximum Gasteiger partial charge on any atom is 0.267 e. The van der Waals surface area contributed by atoms with Crippen molar-refractivity contribution < 1.29 is 22.7 Å². The molecule has 11 heteroatoms. The van der Waals surface area contributed by atoms with Crippen molar-refractivity contribution in [3.05, 3.63) is 51.4 Å². The van der Waals surface area contributed by atoms with E-state index in [0.29, 0.717) is 30.2 Å². The molecule has 8 nitrogen and oxygen atoms in total. The van der Waals surface area contributed by atoms with Crippen molar-refractivity contribution in [1.29, 1.82) is 0 Å². The standard InChI is InChI=1S/C19H20ClN3O5S2/c1-27-14-5-4-12(8-15(14)28-2)6-7-23-10-13(9-21-23)22-19(24)18-17(20)16(11-29-18)30(3,25)26/h4-5,8-11H,6-7H2,1-3H3,(H,22,24). The molecule has 0 aliphatic heterocycles. The van der Waals surface area contributed by atoms with Crippen molar-refractivity contribution in [3.63, 3.8) is 0 Å². The highest BCUT2D eigenvalue weighted by molar-refractivity contribution is 7.91. The fourth-order valence-electron chi connectivity index (χ4n) is 2.75. The summed E-state index contributed by atoms with van der Waals surface area (Å²) in [6.07, 6.45) is 4.96. The van der Waals surface area contributed by atoms with Crippen molar-refractivity contribution in [3.8, 4) is 11.5 Å². The number of thiophene rings is 1. The first-order valence-corrected chi connectivity index (χ1v) is 11.9. The largest absolute Gasteiger partial charge is 0.493 e. The molecule has 30 heavy (non-hydrogen) atoms. The Morgan fingerprint density at radius 2 is 2.00 bits per heavy atom. The first-order valence-electron chi connectivity index (χ1n) is 8.74. The lowest BCUT2D eigenvalue weighted by Crippen LogP contribution is -2.10. The van der Waals surface area contributed by atoms with Gasteiger partial charge in [0.2, 0.25) is 0 Å². The van der Waals surface area contributed by atoms with Crippen LogP contribution < -0.4 is 14.8 Å². The average Bonchev–Trinajstić information content (AvgIpc) is 3.32. The number of nitrogens with one attached hydrogen (secondary N) is 1. The minimum absolute atomic E-state index is 0.0510. The van der Waals surface area contributed by atoms with E-state index in [2.05, 4.69) is 10.4 Å². The maximum atomic E-state index is 12.5. The molecule has 1 amide bonds. The molecule has 0 saturated heterocycles. The molecule has 3 rings (SSSR count). The fraction of sp³-hybridized carbons (Fsp3) is 0.263. The Bertz CT molecular complexity index is 1170. The molecule has 0 atom stereocenters. The van der Waals surface area contributed by atoms with Crippen LogP contribution in [-0.4, -0.2) is 44.6 Å². The van der Waals surface area contributed by atoms with Gasteiger partial charge in [0.05, 0.1) is 36.0 Å². The van der Waals surface area contributed by atoms with Gasteiger partial charge in [-0.15, -0.1) is 11.3 Å². The molecule has 0 aliphatic carbocycles. The van der Waals surface area contributed by atoms with E-state index in [4.69, 9.17) is 21.1 Å². The van der Waals surface area contributed by atoms with Crippen LogP contribution in [0.4, 0.5) is 5.69 Å². The lowest BCUT2D eigenvalue weighted by Gasteiger charge is -2.09. The van der Waals surface area contributed by atoms with Gasteiger partial charge < -0.3 is 14.8 Å². The molecule has 2 aromatic heterocycles. The predicted molar refractivity (Wildman–Crippen MR) is 116 cm³/mol. The highest BCUT2D eigenvalue weighted by Gasteiger charge is 2.22. The van der Waals surface area contributed by atoms with E-state index in [0.717, 1.165) is 23.2 Å². The third kappa shape index (κ3) is 4.94. The Hall–Kier alpha value is -2.56. The van der Waals surface area contributed by atoms with Gasteiger partial charge in [-0.05, 0) is 24.1 Å². The van der Waals surface area contributed by atoms with Gasteiger partial charge in [0.25, 0.3) is 5.91 Å². The summed E-state index contributed by atoms with van der Waals surface area (Å²) in [5.41, 5.74) is 1.53. The lowest BCUT2D eigenvalue weighted by molar-refractivity contribution is 0.103. The number of carbonyl (C=O) groups excluding carboxylic acids is 1. The van der Waals surface area contributed by atoms with Crippen LogP contribution in [0.3, 0.4) is 0 Å². The van der Waals surface area contributed by atoms with E-state index in [1.807, 2.05) is 18.2 Å². The van der Waals surface area contributed by atoms with Crippen LogP contribution in [0.2, 0.25) is 5.02 Å². The summed E-state index contributed by atoms with van der Waals surface area (Å²) in [7, 11) is -0.321. The van der Waals surface area contributed by atoms with Gasteiger partial charge in [0, 0.05) is 24.4 Å². The number of nitrogens with zero attached hydrogens (tertiary/aromatic N) is 2. The number of halogens is 1. The van der Waals surface area contributed by atoms with Gasteiger partial charge in [-0.25, -0.2) is 8.42 Å². The molecule has 0 fully saturated rings. The number of hydrogen-bond acceptors (Lipinski definition) is 7. The van der Waals surface area contributed by atoms with Crippen molar-refractivity contribution in [2.24, 2.45) is 0 Å². The number of anilines is 1. The molecule has 1 aromatic carbocycles. The van der Waals surface area contributed by atoms with Crippen LogP contribution in [0.1, 0.15) is 15.2 Å². The van der Waals surface area contributed by atoms with E-state index < -0.39 is 15.7 Å². The number of benzene rings is 1. The maximum absolute atomic E-state index is 12.5. The summed E-state index contributed by atoms with van der Waals surface area (Å²) in [6.45, 7) is 0.587. The third-order valence-corrected chi connectivity index (χ3v) is 7.14. The predicted octanol–water partition coefficient (Wildman–Crippen LogP) is 3.51. The van der Waals surface area contributed by atoms with Crippen LogP contribution in [0.15, 0.2) is 40.9 Å². The monoisotopic (exact) mass is 469 g/mol. The summed E-state index contributed by atoms with van der Waals surface area (Å²) in [6, 6.07) is 5.70. The lowest BCUT2D eigenvalue weighted by atomic mass is 10.1. The summed E-state index contributed by atoms with van der Waals surface area (Å²) < 4.78 is 35.6. The fourth-order valence-corrected chi connectivity index (χ4v) is 5.56. The van der Waals surface area contributed by atoms with Gasteiger partial charge in [0.15, 0.2) is 21.3 Å². The topological polar surface area (TPSA) is 99.5 Å². The number of aryl methyl sites for hydroxylation is 2. The Morgan fingerprint density at radius 1 is 1.27 bits per heavy atom. The molecule has 0 unspecified atom stereocenters. The second-order valence-corrected chi connectivity index (χ2v) is 9.64.